The molecule has 1 aliphatic rings. The van der Waals surface area contributed by atoms with Crippen molar-refractivity contribution in [2.45, 2.75) is 49.8 Å². The number of aromatic carboxylic acids is 1. The maximum absolute atomic E-state index is 11.2. The third kappa shape index (κ3) is 2.77. The number of hydrogen-bond donors (Lipinski definition) is 1. The third-order valence-electron chi connectivity index (χ3n) is 2.58. The lowest BCUT2D eigenvalue weighted by Gasteiger charge is -2.11. The number of thioether (sulfide) groups is 1. The first-order chi connectivity index (χ1) is 7.99. The molecule has 0 radical (unpaired) electrons. The lowest BCUT2D eigenvalue weighted by Crippen LogP contribution is -2.10. The molecule has 92 valence electrons. The molecule has 1 saturated carbocycles. The summed E-state index contributed by atoms with van der Waals surface area (Å²) in [6.07, 6.45) is 2.25. The fourth-order valence-corrected chi connectivity index (χ4v) is 2.59. The quantitative estimate of drug-likeness (QED) is 0.659. The molecule has 0 spiro atoms. The molecule has 1 heterocycles. The van der Waals surface area contributed by atoms with Crippen LogP contribution < -0.4 is 0 Å². The summed E-state index contributed by atoms with van der Waals surface area (Å²) in [4.78, 5) is 20.0. The van der Waals surface area contributed by atoms with Gasteiger partial charge in [0.1, 0.15) is 16.4 Å². The molecule has 1 fully saturated rings. The van der Waals surface area contributed by atoms with Gasteiger partial charge in [-0.1, -0.05) is 13.8 Å². The van der Waals surface area contributed by atoms with Crippen LogP contribution in [0, 0.1) is 6.92 Å². The number of carboxylic acid groups (broad SMARTS) is 1. The van der Waals surface area contributed by atoms with Gasteiger partial charge < -0.3 is 5.11 Å². The number of aromatic nitrogens is 2. The van der Waals surface area contributed by atoms with Crippen LogP contribution in [0.5, 0.6) is 0 Å². The molecule has 2 rings (SSSR count). The number of carbonyl (C=O) groups is 1. The first kappa shape index (κ1) is 12.4. The average Bonchev–Trinajstić information content (AvgIpc) is 2.97. The summed E-state index contributed by atoms with van der Waals surface area (Å²) in [5, 5.41) is 10.1. The van der Waals surface area contributed by atoms with Crippen LogP contribution in [0.2, 0.25) is 0 Å². The van der Waals surface area contributed by atoms with Crippen molar-refractivity contribution in [1.29, 1.82) is 0 Å². The predicted octanol–water partition coefficient (Wildman–Crippen LogP) is 2.86. The normalized spacial score (nSPS) is 15.3. The molecule has 0 unspecified atom stereocenters. The second kappa shape index (κ2) is 4.64. The van der Waals surface area contributed by atoms with E-state index >= 15 is 0 Å². The van der Waals surface area contributed by atoms with E-state index in [-0.39, 0.29) is 5.56 Å². The zero-order chi connectivity index (χ0) is 12.6. The second-order valence-electron chi connectivity index (χ2n) is 4.59. The first-order valence-electron chi connectivity index (χ1n) is 5.77. The zero-order valence-corrected chi connectivity index (χ0v) is 11.0. The van der Waals surface area contributed by atoms with Crippen molar-refractivity contribution in [2.75, 3.05) is 0 Å². The van der Waals surface area contributed by atoms with Crippen LogP contribution in [0.3, 0.4) is 0 Å². The highest BCUT2D eigenvalue weighted by Gasteiger charge is 2.29. The SMILES string of the molecule is Cc1nc(C2CC2)nc(SC(C)C)c1C(=O)O. The van der Waals surface area contributed by atoms with E-state index in [1.54, 1.807) is 6.92 Å². The van der Waals surface area contributed by atoms with E-state index in [1.807, 2.05) is 13.8 Å². The Balaban J connectivity index is 2.45. The van der Waals surface area contributed by atoms with E-state index in [0.29, 0.717) is 21.9 Å². The molecular weight excluding hydrogens is 236 g/mol. The van der Waals surface area contributed by atoms with Crippen LogP contribution in [0.1, 0.15) is 54.5 Å². The Morgan fingerprint density at radius 1 is 1.41 bits per heavy atom. The Morgan fingerprint density at radius 3 is 2.53 bits per heavy atom. The molecular formula is C12H16N2O2S. The zero-order valence-electron chi connectivity index (χ0n) is 10.2. The Hall–Kier alpha value is -1.10. The van der Waals surface area contributed by atoms with Crippen molar-refractivity contribution in [2.24, 2.45) is 0 Å². The van der Waals surface area contributed by atoms with E-state index in [0.717, 1.165) is 18.7 Å². The summed E-state index contributed by atoms with van der Waals surface area (Å²) < 4.78 is 0. The lowest BCUT2D eigenvalue weighted by molar-refractivity contribution is 0.0690. The molecule has 0 aliphatic heterocycles. The molecule has 0 bridgehead atoms. The number of carboxylic acids is 1. The number of hydrogen-bond acceptors (Lipinski definition) is 4. The summed E-state index contributed by atoms with van der Waals surface area (Å²) >= 11 is 1.49. The van der Waals surface area contributed by atoms with Gasteiger partial charge in [0.25, 0.3) is 0 Å². The largest absolute Gasteiger partial charge is 0.478 e. The van der Waals surface area contributed by atoms with Crippen LogP contribution >= 0.6 is 11.8 Å². The van der Waals surface area contributed by atoms with Crippen molar-refractivity contribution >= 4 is 17.7 Å². The predicted molar refractivity (Wildman–Crippen MR) is 66.7 cm³/mol. The number of rotatable bonds is 4. The van der Waals surface area contributed by atoms with Gasteiger partial charge in [0.2, 0.25) is 0 Å². The van der Waals surface area contributed by atoms with Gasteiger partial charge in [-0.05, 0) is 19.8 Å². The van der Waals surface area contributed by atoms with Crippen LogP contribution in [0.25, 0.3) is 0 Å². The minimum absolute atomic E-state index is 0.258. The highest BCUT2D eigenvalue weighted by Crippen LogP contribution is 2.39. The van der Waals surface area contributed by atoms with E-state index < -0.39 is 5.97 Å². The van der Waals surface area contributed by atoms with E-state index in [9.17, 15) is 9.90 Å². The minimum Gasteiger partial charge on any atom is -0.478 e. The molecule has 1 aromatic heterocycles. The summed E-state index contributed by atoms with van der Waals surface area (Å²) in [5.41, 5.74) is 0.839. The lowest BCUT2D eigenvalue weighted by atomic mass is 10.2. The molecule has 0 saturated heterocycles. The molecule has 0 amide bonds. The highest BCUT2D eigenvalue weighted by atomic mass is 32.2. The molecule has 0 atom stereocenters. The van der Waals surface area contributed by atoms with Gasteiger partial charge in [-0.2, -0.15) is 0 Å². The molecule has 1 N–H and O–H groups in total. The highest BCUT2D eigenvalue weighted by molar-refractivity contribution is 7.99. The molecule has 1 aromatic rings. The monoisotopic (exact) mass is 252 g/mol. The Kier molecular flexibility index (Phi) is 3.38. The second-order valence-corrected chi connectivity index (χ2v) is 6.16. The Morgan fingerprint density at radius 2 is 2.06 bits per heavy atom. The first-order valence-corrected chi connectivity index (χ1v) is 6.65. The molecule has 1 aliphatic carbocycles. The van der Waals surface area contributed by atoms with Gasteiger partial charge in [-0.15, -0.1) is 11.8 Å². The average molecular weight is 252 g/mol. The molecule has 4 nitrogen and oxygen atoms in total. The standard InChI is InChI=1S/C12H16N2O2S/c1-6(2)17-11-9(12(15)16)7(3)13-10(14-11)8-4-5-8/h6,8H,4-5H2,1-3H3,(H,15,16). The smallest absolute Gasteiger partial charge is 0.340 e. The fraction of sp³-hybridized carbons (Fsp3) is 0.583. The van der Waals surface area contributed by atoms with E-state index in [1.165, 1.54) is 11.8 Å². The van der Waals surface area contributed by atoms with Crippen LogP contribution in [-0.4, -0.2) is 26.3 Å². The van der Waals surface area contributed by atoms with Crippen molar-refractivity contribution in [1.82, 2.24) is 9.97 Å². The number of nitrogens with zero attached hydrogens (tertiary/aromatic N) is 2. The van der Waals surface area contributed by atoms with Crippen molar-refractivity contribution in [3.05, 3.63) is 17.1 Å². The minimum atomic E-state index is -0.937. The van der Waals surface area contributed by atoms with Gasteiger partial charge in [0, 0.05) is 11.2 Å². The van der Waals surface area contributed by atoms with Crippen LogP contribution in [0.15, 0.2) is 5.03 Å². The summed E-state index contributed by atoms with van der Waals surface area (Å²) in [6, 6.07) is 0. The van der Waals surface area contributed by atoms with Crippen molar-refractivity contribution in [3.8, 4) is 0 Å². The van der Waals surface area contributed by atoms with Gasteiger partial charge in [0.05, 0.1) is 5.69 Å². The van der Waals surface area contributed by atoms with Gasteiger partial charge in [-0.25, -0.2) is 14.8 Å². The maximum Gasteiger partial charge on any atom is 0.340 e. The Labute approximate surface area is 105 Å². The van der Waals surface area contributed by atoms with Crippen molar-refractivity contribution in [3.63, 3.8) is 0 Å². The van der Waals surface area contributed by atoms with E-state index in [4.69, 9.17) is 0 Å². The Bertz CT molecular complexity index is 456. The van der Waals surface area contributed by atoms with Crippen molar-refractivity contribution < 1.29 is 9.90 Å². The molecule has 0 aromatic carbocycles. The third-order valence-corrected chi connectivity index (χ3v) is 3.57. The molecule has 5 heteroatoms. The van der Waals surface area contributed by atoms with Gasteiger partial charge in [-0.3, -0.25) is 0 Å². The molecule has 17 heavy (non-hydrogen) atoms. The topological polar surface area (TPSA) is 63.1 Å². The van der Waals surface area contributed by atoms with Crippen LogP contribution in [-0.2, 0) is 0 Å². The van der Waals surface area contributed by atoms with E-state index in [2.05, 4.69) is 9.97 Å². The van der Waals surface area contributed by atoms with Gasteiger partial charge >= 0.3 is 5.97 Å². The number of aryl methyl sites for hydroxylation is 1. The van der Waals surface area contributed by atoms with Crippen LogP contribution in [0.4, 0.5) is 0 Å². The summed E-state index contributed by atoms with van der Waals surface area (Å²) in [6.45, 7) is 5.82. The summed E-state index contributed by atoms with van der Waals surface area (Å²) in [7, 11) is 0. The summed E-state index contributed by atoms with van der Waals surface area (Å²) in [5.74, 6) is 0.326. The van der Waals surface area contributed by atoms with Gasteiger partial charge in [0.15, 0.2) is 0 Å². The maximum atomic E-state index is 11.2. The fourth-order valence-electron chi connectivity index (χ4n) is 1.65.